The molecular formula is C14H20ClNO. The predicted octanol–water partition coefficient (Wildman–Crippen LogP) is 3.78. The van der Waals surface area contributed by atoms with Crippen LogP contribution in [-0.2, 0) is 11.3 Å². The Morgan fingerprint density at radius 3 is 2.88 bits per heavy atom. The van der Waals surface area contributed by atoms with Crippen molar-refractivity contribution in [1.82, 2.24) is 5.32 Å². The zero-order chi connectivity index (χ0) is 12.7. The second-order valence-electron chi connectivity index (χ2n) is 4.50. The number of hydrogen-bond acceptors (Lipinski definition) is 1. The van der Waals surface area contributed by atoms with Gasteiger partial charge in [0.15, 0.2) is 0 Å². The average Bonchev–Trinajstić information content (AvgIpc) is 2.27. The van der Waals surface area contributed by atoms with Crippen molar-refractivity contribution in [2.24, 2.45) is 5.92 Å². The fourth-order valence-electron chi connectivity index (χ4n) is 1.83. The van der Waals surface area contributed by atoms with Gasteiger partial charge < -0.3 is 5.32 Å². The van der Waals surface area contributed by atoms with Crippen LogP contribution in [0.1, 0.15) is 38.7 Å². The summed E-state index contributed by atoms with van der Waals surface area (Å²) < 4.78 is 0. The lowest BCUT2D eigenvalue weighted by atomic mass is 10.0. The topological polar surface area (TPSA) is 29.1 Å². The molecule has 1 atom stereocenters. The minimum absolute atomic E-state index is 0.117. The van der Waals surface area contributed by atoms with Gasteiger partial charge in [-0.3, -0.25) is 4.79 Å². The van der Waals surface area contributed by atoms with Gasteiger partial charge in [-0.1, -0.05) is 50.4 Å². The highest BCUT2D eigenvalue weighted by Gasteiger charge is 2.07. The largest absolute Gasteiger partial charge is 0.352 e. The van der Waals surface area contributed by atoms with Crippen molar-refractivity contribution < 1.29 is 4.79 Å². The zero-order valence-corrected chi connectivity index (χ0v) is 11.3. The van der Waals surface area contributed by atoms with Crippen molar-refractivity contribution >= 4 is 17.5 Å². The minimum Gasteiger partial charge on any atom is -0.352 e. The van der Waals surface area contributed by atoms with Gasteiger partial charge >= 0.3 is 0 Å². The standard InChI is InChI=1S/C14H20ClNO/c1-3-5-11(2)8-14(17)16-10-12-6-4-7-13(15)9-12/h4,6-7,9,11H,3,5,8,10H2,1-2H3,(H,16,17). The van der Waals surface area contributed by atoms with Gasteiger partial charge in [0.2, 0.25) is 5.91 Å². The van der Waals surface area contributed by atoms with E-state index in [1.54, 1.807) is 0 Å². The van der Waals surface area contributed by atoms with Crippen LogP contribution in [0.2, 0.25) is 5.02 Å². The molecule has 1 amide bonds. The Balaban J connectivity index is 2.33. The fraction of sp³-hybridized carbons (Fsp3) is 0.500. The summed E-state index contributed by atoms with van der Waals surface area (Å²) in [6, 6.07) is 7.55. The number of benzene rings is 1. The molecule has 1 rings (SSSR count). The summed E-state index contributed by atoms with van der Waals surface area (Å²) in [6.45, 7) is 4.81. The van der Waals surface area contributed by atoms with E-state index < -0.39 is 0 Å². The van der Waals surface area contributed by atoms with Gasteiger partial charge in [-0.05, 0) is 23.6 Å². The third-order valence-corrected chi connectivity index (χ3v) is 2.93. The van der Waals surface area contributed by atoms with E-state index in [9.17, 15) is 4.79 Å². The van der Waals surface area contributed by atoms with E-state index in [0.29, 0.717) is 23.9 Å². The maximum absolute atomic E-state index is 11.6. The Morgan fingerprint density at radius 2 is 2.24 bits per heavy atom. The second kappa shape index (κ2) is 7.33. The molecule has 1 aromatic carbocycles. The molecule has 0 aliphatic rings. The molecular weight excluding hydrogens is 234 g/mol. The molecule has 1 aromatic rings. The van der Waals surface area contributed by atoms with E-state index in [2.05, 4.69) is 19.2 Å². The molecule has 0 saturated carbocycles. The van der Waals surface area contributed by atoms with Crippen molar-refractivity contribution in [2.75, 3.05) is 0 Å². The predicted molar refractivity (Wildman–Crippen MR) is 72.0 cm³/mol. The molecule has 1 unspecified atom stereocenters. The summed E-state index contributed by atoms with van der Waals surface area (Å²) in [4.78, 5) is 11.6. The van der Waals surface area contributed by atoms with E-state index in [4.69, 9.17) is 11.6 Å². The lowest BCUT2D eigenvalue weighted by molar-refractivity contribution is -0.122. The van der Waals surface area contributed by atoms with Crippen LogP contribution in [0, 0.1) is 5.92 Å². The van der Waals surface area contributed by atoms with Crippen LogP contribution in [0.5, 0.6) is 0 Å². The summed E-state index contributed by atoms with van der Waals surface area (Å²) in [5.41, 5.74) is 1.04. The van der Waals surface area contributed by atoms with Crippen LogP contribution in [0.4, 0.5) is 0 Å². The first-order valence-electron chi connectivity index (χ1n) is 6.13. The third kappa shape index (κ3) is 5.73. The van der Waals surface area contributed by atoms with Gasteiger partial charge in [-0.2, -0.15) is 0 Å². The molecule has 94 valence electrons. The summed E-state index contributed by atoms with van der Waals surface area (Å²) in [5.74, 6) is 0.574. The Bertz CT molecular complexity index is 365. The number of amides is 1. The Kier molecular flexibility index (Phi) is 6.06. The highest BCUT2D eigenvalue weighted by molar-refractivity contribution is 6.30. The fourth-order valence-corrected chi connectivity index (χ4v) is 2.04. The number of carbonyl (C=O) groups is 1. The summed E-state index contributed by atoms with van der Waals surface area (Å²) in [6.07, 6.45) is 2.84. The van der Waals surface area contributed by atoms with E-state index >= 15 is 0 Å². The maximum Gasteiger partial charge on any atom is 0.220 e. The van der Waals surface area contributed by atoms with Crippen molar-refractivity contribution in [3.05, 3.63) is 34.9 Å². The molecule has 0 aliphatic heterocycles. The number of carbonyl (C=O) groups excluding carboxylic acids is 1. The highest BCUT2D eigenvalue weighted by Crippen LogP contribution is 2.11. The molecule has 1 N–H and O–H groups in total. The lowest BCUT2D eigenvalue weighted by Gasteiger charge is -2.10. The van der Waals surface area contributed by atoms with Crippen molar-refractivity contribution in [3.8, 4) is 0 Å². The number of hydrogen-bond donors (Lipinski definition) is 1. The van der Waals surface area contributed by atoms with Crippen LogP contribution in [-0.4, -0.2) is 5.91 Å². The van der Waals surface area contributed by atoms with Crippen LogP contribution < -0.4 is 5.32 Å². The van der Waals surface area contributed by atoms with Gasteiger partial charge in [0.05, 0.1) is 0 Å². The van der Waals surface area contributed by atoms with Crippen molar-refractivity contribution in [1.29, 1.82) is 0 Å². The molecule has 3 heteroatoms. The Morgan fingerprint density at radius 1 is 1.47 bits per heavy atom. The van der Waals surface area contributed by atoms with E-state index in [0.717, 1.165) is 18.4 Å². The van der Waals surface area contributed by atoms with Crippen molar-refractivity contribution in [2.45, 2.75) is 39.7 Å². The van der Waals surface area contributed by atoms with Crippen LogP contribution in [0.25, 0.3) is 0 Å². The first-order chi connectivity index (χ1) is 8.11. The van der Waals surface area contributed by atoms with Gasteiger partial charge in [0, 0.05) is 18.0 Å². The molecule has 0 aliphatic carbocycles. The Hall–Kier alpha value is -1.02. The zero-order valence-electron chi connectivity index (χ0n) is 10.5. The van der Waals surface area contributed by atoms with Crippen LogP contribution in [0.15, 0.2) is 24.3 Å². The van der Waals surface area contributed by atoms with E-state index in [1.807, 2.05) is 24.3 Å². The third-order valence-electron chi connectivity index (χ3n) is 2.69. The van der Waals surface area contributed by atoms with Gasteiger partial charge in [0.25, 0.3) is 0 Å². The molecule has 17 heavy (non-hydrogen) atoms. The number of nitrogens with one attached hydrogen (secondary N) is 1. The van der Waals surface area contributed by atoms with Gasteiger partial charge in [-0.25, -0.2) is 0 Å². The highest BCUT2D eigenvalue weighted by atomic mass is 35.5. The van der Waals surface area contributed by atoms with Crippen molar-refractivity contribution in [3.63, 3.8) is 0 Å². The molecule has 0 saturated heterocycles. The second-order valence-corrected chi connectivity index (χ2v) is 4.94. The molecule has 0 heterocycles. The smallest absolute Gasteiger partial charge is 0.220 e. The first-order valence-corrected chi connectivity index (χ1v) is 6.50. The summed E-state index contributed by atoms with van der Waals surface area (Å²) in [5, 5.41) is 3.62. The molecule has 0 spiro atoms. The SMILES string of the molecule is CCCC(C)CC(=O)NCc1cccc(Cl)c1. The quantitative estimate of drug-likeness (QED) is 0.821. The molecule has 2 nitrogen and oxygen atoms in total. The molecule has 0 bridgehead atoms. The minimum atomic E-state index is 0.117. The van der Waals surface area contributed by atoms with E-state index in [-0.39, 0.29) is 5.91 Å². The van der Waals surface area contributed by atoms with Gasteiger partial charge in [0.1, 0.15) is 0 Å². The van der Waals surface area contributed by atoms with Gasteiger partial charge in [-0.15, -0.1) is 0 Å². The summed E-state index contributed by atoms with van der Waals surface area (Å²) in [7, 11) is 0. The normalized spacial score (nSPS) is 12.2. The van der Waals surface area contributed by atoms with Crippen LogP contribution >= 0.6 is 11.6 Å². The monoisotopic (exact) mass is 253 g/mol. The summed E-state index contributed by atoms with van der Waals surface area (Å²) >= 11 is 5.87. The van der Waals surface area contributed by atoms with Crippen LogP contribution in [0.3, 0.4) is 0 Å². The Labute approximate surface area is 108 Å². The number of rotatable bonds is 6. The molecule has 0 radical (unpaired) electrons. The lowest BCUT2D eigenvalue weighted by Crippen LogP contribution is -2.24. The molecule has 0 aromatic heterocycles. The molecule has 0 fully saturated rings. The number of halogens is 1. The van der Waals surface area contributed by atoms with E-state index in [1.165, 1.54) is 0 Å². The average molecular weight is 254 g/mol. The first kappa shape index (κ1) is 14.0. The maximum atomic E-state index is 11.6.